The first-order valence-corrected chi connectivity index (χ1v) is 43.7. The van der Waals surface area contributed by atoms with Gasteiger partial charge in [-0.2, -0.15) is 4.98 Å². The van der Waals surface area contributed by atoms with Gasteiger partial charge in [-0.3, -0.25) is 52.9 Å². The first kappa shape index (κ1) is 99.0. The Morgan fingerprint density at radius 2 is 1.04 bits per heavy atom. The summed E-state index contributed by atoms with van der Waals surface area (Å²) in [6.07, 6.45) is 10.8. The minimum atomic E-state index is -2.13. The molecule has 38 nitrogen and oxygen atoms in total. The summed E-state index contributed by atoms with van der Waals surface area (Å²) in [5, 5.41) is 58.6. The zero-order chi connectivity index (χ0) is 89.4. The van der Waals surface area contributed by atoms with Crippen LogP contribution in [0.25, 0.3) is 11.2 Å². The molecule has 10 amide bonds. The molecule has 122 heavy (non-hydrogen) atoms. The van der Waals surface area contributed by atoms with Crippen molar-refractivity contribution in [2.45, 2.75) is 190 Å². The number of allylic oxidation sites excluding steroid dienone is 2. The molecule has 0 fully saturated rings. The van der Waals surface area contributed by atoms with Gasteiger partial charge < -0.3 is 58.3 Å². The van der Waals surface area contributed by atoms with Crippen molar-refractivity contribution in [3.05, 3.63) is 160 Å². The van der Waals surface area contributed by atoms with Crippen LogP contribution in [-0.4, -0.2) is 224 Å². The number of nitrogens with one attached hydrogen (secondary N) is 12. The molecule has 0 aliphatic rings. The second kappa shape index (κ2) is 51.7. The van der Waals surface area contributed by atoms with Gasteiger partial charge in [0.15, 0.2) is 11.2 Å². The Kier molecular flexibility index (Phi) is 42.0. The number of carboxylic acid groups (broad SMARTS) is 3. The van der Waals surface area contributed by atoms with Crippen LogP contribution >= 0.6 is 43.2 Å². The quantitative estimate of drug-likeness (QED) is 0.0113. The van der Waals surface area contributed by atoms with Crippen LogP contribution in [0.1, 0.15) is 160 Å². The Bertz CT molecular complexity index is 4720. The topological polar surface area (TPSA) is 581 Å². The van der Waals surface area contributed by atoms with E-state index in [1.165, 1.54) is 64.7 Å². The van der Waals surface area contributed by atoms with E-state index in [0.717, 1.165) is 27.2 Å². The minimum absolute atomic E-state index is 0.00479. The van der Waals surface area contributed by atoms with Crippen LogP contribution in [0, 0.1) is 11.8 Å². The summed E-state index contributed by atoms with van der Waals surface area (Å²) in [6, 6.07) is 4.27. The number of carbonyl (C=O) groups excluding carboxylic acids is 10. The number of anilines is 2. The summed E-state index contributed by atoms with van der Waals surface area (Å²) in [6.45, 7) is 20.3. The number of aromatic amines is 1. The van der Waals surface area contributed by atoms with Crippen LogP contribution < -0.4 is 69.8 Å². The number of hydrogen-bond donors (Lipinski definition) is 16. The zero-order valence-corrected chi connectivity index (χ0v) is 71.2. The molecule has 0 unspecified atom stereocenters. The standard InChI is InChI=1S/C78H100B2N20O18S4/c1-9-10-11-12-16-19-52(69(109)98-61(80-118)27-43(4)5)92-74(114)57-36-83-50(34-85-57)39-120-119-38-45(7)89-70(110)54(29-63(102)103)94-71(111)55(30-64(104)105)95-72(112)56(31-65(106)107)96-76(116)59(41-122-121-40-51-35-86-58(37-84-51)75(115)93-53(28-46-17-14-13-15-18-46)73(113)97-60(79-8)26-42(2)3)91-62(101)25-20-44(6)88-68(108)47-21-23-48(24-22-47)82-32-49-33-87-67-66(90-49)77(117)100-78(81)99-67/h9,12-18,21-24,33-37,42-45,52-56,59-61,82H,1,8,10-11,19-20,25-32,38-41H2,2-7H3,(H,88,108)(H,89,110)(H,91,101)(H,92,114)(H,93,115)(H,94,111)(H,95,112)(H,96,116)(H,97,113)(H,98,109)(H,102,103)(H,104,105)(H,106,107)(H3,81,87,99,100,117)/b16-12+/t44-,45-,52+,53+,54+,55+,56+,59+,60+,61+/m1/s1. The Balaban J connectivity index is 1.09. The summed E-state index contributed by atoms with van der Waals surface area (Å²) in [5.74, 6) is -14.3. The number of nitrogens with two attached hydrogens (primary N) is 1. The average molecular weight is 1760 g/mol. The molecule has 44 heteroatoms. The van der Waals surface area contributed by atoms with Gasteiger partial charge in [0, 0.05) is 41.3 Å². The van der Waals surface area contributed by atoms with E-state index >= 15 is 0 Å². The molecular formula is C78H100B2N20O18S4. The van der Waals surface area contributed by atoms with Gasteiger partial charge in [-0.25, -0.2) is 9.97 Å². The number of hydrogen-bond acceptors (Lipinski definition) is 28. The summed E-state index contributed by atoms with van der Waals surface area (Å²) in [7, 11) is 5.26. The predicted octanol–water partition coefficient (Wildman–Crippen LogP) is 2.93. The average Bonchev–Trinajstić information content (AvgIpc) is 0.808. The molecule has 0 saturated carbocycles. The third-order valence-electron chi connectivity index (χ3n) is 17.5. The van der Waals surface area contributed by atoms with E-state index in [2.05, 4.69) is 111 Å². The number of aliphatic carboxylic acids is 3. The first-order valence-electron chi connectivity index (χ1n) is 38.7. The van der Waals surface area contributed by atoms with Crippen LogP contribution in [0.5, 0.6) is 0 Å². The number of nitrogen functional groups attached to an aromatic ring is 1. The molecule has 0 aliphatic carbocycles. The molecule has 0 aliphatic heterocycles. The van der Waals surface area contributed by atoms with E-state index in [0.29, 0.717) is 55.6 Å². The molecule has 0 spiro atoms. The molecule has 4 heterocycles. The number of aromatic nitrogens is 8. The molecule has 2 aromatic carbocycles. The van der Waals surface area contributed by atoms with Gasteiger partial charge in [0.2, 0.25) is 35.5 Å². The number of carboxylic acids is 3. The number of nitrogens with zero attached hydrogens (tertiary/aromatic N) is 7. The van der Waals surface area contributed by atoms with Crippen molar-refractivity contribution >= 4 is 163 Å². The van der Waals surface area contributed by atoms with Gasteiger partial charge in [-0.05, 0) is 44.5 Å². The fraction of sp³-hybridized carbons (Fsp3) is 0.436. The normalized spacial score (nSPS) is 13.6. The van der Waals surface area contributed by atoms with Crippen LogP contribution in [0.3, 0.4) is 0 Å². The molecule has 6 rings (SSSR count). The summed E-state index contributed by atoms with van der Waals surface area (Å²) in [5.41, 5.74) is 7.68. The molecule has 0 bridgehead atoms. The Hall–Kier alpha value is -11.8. The Morgan fingerprint density at radius 3 is 1.57 bits per heavy atom. The number of benzene rings is 2. The molecule has 4 aromatic heterocycles. The molecule has 10 atom stereocenters. The van der Waals surface area contributed by atoms with Gasteiger partial charge in [-0.1, -0.05) is 21.6 Å². The van der Waals surface area contributed by atoms with E-state index in [4.69, 9.17) is 5.73 Å². The number of H-pyrrole nitrogens is 1. The van der Waals surface area contributed by atoms with Gasteiger partial charge in [-0.15, -0.1) is 0 Å². The van der Waals surface area contributed by atoms with Crippen LogP contribution in [0.15, 0.2) is 115 Å². The number of carbonyl (C=O) groups is 13. The van der Waals surface area contributed by atoms with E-state index in [1.54, 1.807) is 57.2 Å². The fourth-order valence-corrected chi connectivity index (χ4v) is 15.7. The number of rotatable bonds is 54. The summed E-state index contributed by atoms with van der Waals surface area (Å²) >= 11 is 0. The molecular weight excluding hydrogens is 1650 g/mol. The number of unbranched alkanes of at least 4 members (excludes halogenated alkanes) is 1. The van der Waals surface area contributed by atoms with Crippen molar-refractivity contribution < 1.29 is 82.4 Å². The van der Waals surface area contributed by atoms with E-state index in [-0.39, 0.29) is 107 Å². The van der Waals surface area contributed by atoms with E-state index < -0.39 is 156 Å². The second-order valence-corrected chi connectivity index (χ2v) is 33.9. The van der Waals surface area contributed by atoms with Crippen molar-refractivity contribution in [3.63, 3.8) is 0 Å². The Morgan fingerprint density at radius 1 is 0.525 bits per heavy atom. The fourth-order valence-electron chi connectivity index (χ4n) is 11.3. The third kappa shape index (κ3) is 35.9. The predicted molar refractivity (Wildman–Crippen MR) is 464 cm³/mol. The van der Waals surface area contributed by atoms with Crippen LogP contribution in [-0.2, 0) is 77.1 Å². The van der Waals surface area contributed by atoms with Gasteiger partial charge >= 0.3 is 371 Å². The van der Waals surface area contributed by atoms with E-state index in [9.17, 15) is 87.1 Å². The number of fused-ring (bicyclic) bond motifs is 1. The molecule has 0 radical (unpaired) electrons. The van der Waals surface area contributed by atoms with Crippen LogP contribution in [0.4, 0.5) is 11.6 Å². The zero-order valence-electron chi connectivity index (χ0n) is 67.9. The van der Waals surface area contributed by atoms with Crippen molar-refractivity contribution in [2.75, 3.05) is 22.6 Å². The van der Waals surface area contributed by atoms with Crippen molar-refractivity contribution in [3.8, 4) is 0 Å². The SMILES string of the molecule is C=B[C@H](CC(C)C)NC(=O)[C@H](Cc1ccccc1)NC(=O)c1cnc(CSSC[C@H](NC(=O)CC[C@@H](C)NC(=O)c2ccc(NCc3cnc4nc(N)[nH]c(=O)c4n3)cc2)C(=O)N[C@@H](CC(=O)O)C(=O)N[C@@H](CC(=O)O)C(=O)N[C@@H](CC(=O)O)C(=O)N[C@H](C)CSSCc2cnc(C(=O)N[C@@H](C/C=C/CCC=C)C(=O)N[C@H](B=O)CC(C)C)cn2)cn1. The van der Waals surface area contributed by atoms with Crippen molar-refractivity contribution in [2.24, 2.45) is 11.8 Å². The van der Waals surface area contributed by atoms with Crippen molar-refractivity contribution in [1.82, 2.24) is 93.0 Å². The third-order valence-corrected chi connectivity index (χ3v) is 22.3. The van der Waals surface area contributed by atoms with Gasteiger partial charge in [0.25, 0.3) is 11.5 Å². The molecule has 0 saturated heterocycles. The molecule has 650 valence electrons. The van der Waals surface area contributed by atoms with Gasteiger partial charge in [0.1, 0.15) is 24.2 Å². The summed E-state index contributed by atoms with van der Waals surface area (Å²) < 4.78 is 11.7. The molecule has 6 aromatic rings. The number of amides is 10. The maximum atomic E-state index is 14.4. The van der Waals surface area contributed by atoms with E-state index in [1.807, 2.05) is 52.0 Å². The second-order valence-electron chi connectivity index (χ2n) is 28.9. The molecule has 17 N–H and O–H groups in total. The van der Waals surface area contributed by atoms with Crippen molar-refractivity contribution in [1.29, 1.82) is 0 Å². The summed E-state index contributed by atoms with van der Waals surface area (Å²) in [4.78, 5) is 219. The van der Waals surface area contributed by atoms with Gasteiger partial charge in [0.05, 0.1) is 37.7 Å². The maximum absolute atomic E-state index is 14.4. The van der Waals surface area contributed by atoms with Crippen LogP contribution in [0.2, 0.25) is 0 Å². The monoisotopic (exact) mass is 1750 g/mol. The first-order chi connectivity index (χ1) is 58.2. The Labute approximate surface area is 719 Å².